The van der Waals surface area contributed by atoms with Crippen LogP contribution >= 0.6 is 12.4 Å². The number of nitrogens with two attached hydrogens (primary N) is 1. The summed E-state index contributed by atoms with van der Waals surface area (Å²) in [6, 6.07) is 14.2. The van der Waals surface area contributed by atoms with Crippen LogP contribution in [0.2, 0.25) is 0 Å². The summed E-state index contributed by atoms with van der Waals surface area (Å²) >= 11 is 0. The molecule has 1 amide bonds. The van der Waals surface area contributed by atoms with Crippen LogP contribution in [-0.2, 0) is 21.1 Å². The predicted molar refractivity (Wildman–Crippen MR) is 106 cm³/mol. The van der Waals surface area contributed by atoms with Gasteiger partial charge >= 0.3 is 0 Å². The Morgan fingerprint density at radius 1 is 1.12 bits per heavy atom. The van der Waals surface area contributed by atoms with Crippen molar-refractivity contribution in [1.29, 1.82) is 0 Å². The maximum absolute atomic E-state index is 12.1. The van der Waals surface area contributed by atoms with E-state index < -0.39 is 15.9 Å². The Hall–Kier alpha value is -1.89. The molecule has 0 radical (unpaired) electrons. The number of carbonyl (C=O) groups is 1. The molecule has 2 aromatic carbocycles. The van der Waals surface area contributed by atoms with Crippen molar-refractivity contribution in [2.24, 2.45) is 5.73 Å². The highest BCUT2D eigenvalue weighted by atomic mass is 35.5. The fraction of sp³-hybridized carbons (Fsp3) is 0.316. The van der Waals surface area contributed by atoms with Crippen LogP contribution in [0.25, 0.3) is 0 Å². The molecule has 2 aromatic rings. The first-order valence-corrected chi connectivity index (χ1v) is 10.1. The lowest BCUT2D eigenvalue weighted by Crippen LogP contribution is -2.30. The summed E-state index contributed by atoms with van der Waals surface area (Å²) in [7, 11) is -3.32. The van der Waals surface area contributed by atoms with E-state index in [1.807, 2.05) is 30.3 Å². The zero-order valence-corrected chi connectivity index (χ0v) is 16.6. The molecule has 0 saturated carbocycles. The van der Waals surface area contributed by atoms with Gasteiger partial charge in [-0.1, -0.05) is 43.3 Å². The predicted octanol–water partition coefficient (Wildman–Crippen LogP) is 2.63. The second kappa shape index (κ2) is 9.71. The molecule has 0 aliphatic rings. The van der Waals surface area contributed by atoms with E-state index in [4.69, 9.17) is 5.73 Å². The number of sulfone groups is 1. The Balaban J connectivity index is 0.00000338. The molecule has 0 spiro atoms. The first-order chi connectivity index (χ1) is 11.8. The number of benzene rings is 2. The van der Waals surface area contributed by atoms with Crippen LogP contribution in [0.1, 0.15) is 36.1 Å². The molecule has 0 saturated heterocycles. The van der Waals surface area contributed by atoms with Crippen LogP contribution < -0.4 is 11.1 Å². The Labute approximate surface area is 161 Å². The Bertz CT molecular complexity index is 836. The Kier molecular flexibility index (Phi) is 8.27. The van der Waals surface area contributed by atoms with Crippen LogP contribution in [0.5, 0.6) is 0 Å². The van der Waals surface area contributed by atoms with Crippen LogP contribution in [0, 0.1) is 0 Å². The molecule has 142 valence electrons. The third-order valence-electron chi connectivity index (χ3n) is 4.02. The lowest BCUT2D eigenvalue weighted by molar-refractivity contribution is -0.121. The monoisotopic (exact) mass is 396 g/mol. The van der Waals surface area contributed by atoms with Gasteiger partial charge in [-0.25, -0.2) is 8.42 Å². The maximum atomic E-state index is 12.1. The van der Waals surface area contributed by atoms with E-state index in [2.05, 4.69) is 12.2 Å². The van der Waals surface area contributed by atoms with Crippen molar-refractivity contribution in [2.75, 3.05) is 12.8 Å². The van der Waals surface area contributed by atoms with E-state index in [0.717, 1.165) is 17.5 Å². The highest BCUT2D eigenvalue weighted by Crippen LogP contribution is 2.25. The van der Waals surface area contributed by atoms with Gasteiger partial charge in [-0.15, -0.1) is 12.4 Å². The molecule has 1 atom stereocenters. The van der Waals surface area contributed by atoms with Crippen LogP contribution in [0.15, 0.2) is 53.4 Å². The molecule has 2 rings (SSSR count). The highest BCUT2D eigenvalue weighted by Gasteiger charge is 2.18. The van der Waals surface area contributed by atoms with Crippen LogP contribution in [0.3, 0.4) is 0 Å². The van der Waals surface area contributed by atoms with Crippen molar-refractivity contribution in [2.45, 2.75) is 30.7 Å². The molecule has 7 heteroatoms. The summed E-state index contributed by atoms with van der Waals surface area (Å²) in [6.07, 6.45) is 2.31. The van der Waals surface area contributed by atoms with Crippen molar-refractivity contribution in [3.8, 4) is 0 Å². The normalized spacial score (nSPS) is 12.1. The summed E-state index contributed by atoms with van der Waals surface area (Å²) in [4.78, 5) is 12.3. The molecule has 3 N–H and O–H groups in total. The molecule has 0 fully saturated rings. The summed E-state index contributed by atoms with van der Waals surface area (Å²) in [6.45, 7) is 2.34. The minimum Gasteiger partial charge on any atom is -0.345 e. The first-order valence-electron chi connectivity index (χ1n) is 8.23. The SMILES string of the molecule is CCc1ccc(C(NC(=O)CCN)c2cccc(S(C)(=O)=O)c2)cc1.Cl. The van der Waals surface area contributed by atoms with Gasteiger partial charge in [0.2, 0.25) is 5.91 Å². The first kappa shape index (κ1) is 22.2. The average Bonchev–Trinajstić information content (AvgIpc) is 2.59. The molecule has 0 aliphatic heterocycles. The van der Waals surface area contributed by atoms with Crippen molar-refractivity contribution >= 4 is 28.2 Å². The third kappa shape index (κ3) is 5.83. The van der Waals surface area contributed by atoms with E-state index in [0.29, 0.717) is 0 Å². The number of nitrogens with one attached hydrogen (secondary N) is 1. The molecule has 0 aliphatic carbocycles. The van der Waals surface area contributed by atoms with Crippen LogP contribution in [0.4, 0.5) is 0 Å². The van der Waals surface area contributed by atoms with Gasteiger partial charge in [0, 0.05) is 19.2 Å². The largest absolute Gasteiger partial charge is 0.345 e. The molecule has 0 bridgehead atoms. The summed E-state index contributed by atoms with van der Waals surface area (Å²) in [5, 5.41) is 2.95. The van der Waals surface area contributed by atoms with Crippen LogP contribution in [-0.4, -0.2) is 27.1 Å². The fourth-order valence-corrected chi connectivity index (χ4v) is 3.27. The second-order valence-corrected chi connectivity index (χ2v) is 7.99. The van der Waals surface area contributed by atoms with Gasteiger partial charge in [-0.2, -0.15) is 0 Å². The number of hydrogen-bond acceptors (Lipinski definition) is 4. The molecule has 1 unspecified atom stereocenters. The number of carbonyl (C=O) groups excluding carboxylic acids is 1. The van der Waals surface area contributed by atoms with E-state index in [9.17, 15) is 13.2 Å². The second-order valence-electron chi connectivity index (χ2n) is 5.98. The minimum atomic E-state index is -3.32. The molecule has 26 heavy (non-hydrogen) atoms. The van der Waals surface area contributed by atoms with Crippen molar-refractivity contribution in [1.82, 2.24) is 5.32 Å². The Morgan fingerprint density at radius 2 is 1.77 bits per heavy atom. The Morgan fingerprint density at radius 3 is 2.31 bits per heavy atom. The maximum Gasteiger partial charge on any atom is 0.222 e. The van der Waals surface area contributed by atoms with Gasteiger partial charge in [0.15, 0.2) is 9.84 Å². The van der Waals surface area contributed by atoms with Crippen molar-refractivity contribution in [3.63, 3.8) is 0 Å². The van der Waals surface area contributed by atoms with Gasteiger partial charge in [-0.3, -0.25) is 4.79 Å². The molecular weight excluding hydrogens is 372 g/mol. The number of aryl methyl sites for hydroxylation is 1. The van der Waals surface area contributed by atoms with E-state index in [1.165, 1.54) is 11.8 Å². The van der Waals surface area contributed by atoms with Crippen molar-refractivity contribution in [3.05, 3.63) is 65.2 Å². The topological polar surface area (TPSA) is 89.3 Å². The number of amides is 1. The van der Waals surface area contributed by atoms with E-state index in [1.54, 1.807) is 18.2 Å². The van der Waals surface area contributed by atoms with Crippen molar-refractivity contribution < 1.29 is 13.2 Å². The highest BCUT2D eigenvalue weighted by molar-refractivity contribution is 7.90. The average molecular weight is 397 g/mol. The zero-order chi connectivity index (χ0) is 18.4. The molecular formula is C19H25ClN2O3S. The smallest absolute Gasteiger partial charge is 0.222 e. The number of halogens is 1. The standard InChI is InChI=1S/C19H24N2O3S.ClH/c1-3-14-7-9-15(10-8-14)19(21-18(22)11-12-20)16-5-4-6-17(13-16)25(2,23)24;/h4-10,13,19H,3,11-12,20H2,1-2H3,(H,21,22);1H. The quantitative estimate of drug-likeness (QED) is 0.752. The minimum absolute atomic E-state index is 0. The third-order valence-corrected chi connectivity index (χ3v) is 5.13. The fourth-order valence-electron chi connectivity index (χ4n) is 2.59. The molecule has 0 aromatic heterocycles. The van der Waals surface area contributed by atoms with Gasteiger partial charge in [0.1, 0.15) is 0 Å². The van der Waals surface area contributed by atoms with Gasteiger partial charge in [0.25, 0.3) is 0 Å². The summed E-state index contributed by atoms with van der Waals surface area (Å²) in [5.74, 6) is -0.170. The lowest BCUT2D eigenvalue weighted by Gasteiger charge is -2.21. The van der Waals surface area contributed by atoms with E-state index >= 15 is 0 Å². The molecule has 5 nitrogen and oxygen atoms in total. The molecule has 0 heterocycles. The zero-order valence-electron chi connectivity index (χ0n) is 14.9. The number of hydrogen-bond donors (Lipinski definition) is 2. The summed E-state index contributed by atoms with van der Waals surface area (Å²) in [5.41, 5.74) is 8.27. The van der Waals surface area contributed by atoms with Gasteiger partial charge < -0.3 is 11.1 Å². The number of rotatable bonds is 7. The van der Waals surface area contributed by atoms with Gasteiger partial charge in [-0.05, 0) is 35.2 Å². The van der Waals surface area contributed by atoms with Gasteiger partial charge in [0.05, 0.1) is 10.9 Å². The lowest BCUT2D eigenvalue weighted by atomic mass is 9.97. The van der Waals surface area contributed by atoms with E-state index in [-0.39, 0.29) is 36.2 Å². The summed E-state index contributed by atoms with van der Waals surface area (Å²) < 4.78 is 23.7.